The highest BCUT2D eigenvalue weighted by atomic mass is 15.4. The summed E-state index contributed by atoms with van der Waals surface area (Å²) >= 11 is 0. The van der Waals surface area contributed by atoms with Crippen molar-refractivity contribution < 1.29 is 0 Å². The van der Waals surface area contributed by atoms with Crippen LogP contribution in [-0.2, 0) is 6.54 Å². The molecule has 0 aliphatic carbocycles. The maximum Gasteiger partial charge on any atom is 0.0929 e. The van der Waals surface area contributed by atoms with Crippen LogP contribution < -0.4 is 5.73 Å². The van der Waals surface area contributed by atoms with E-state index >= 15 is 0 Å². The third kappa shape index (κ3) is 2.06. The fourth-order valence-electron chi connectivity index (χ4n) is 1.51. The van der Waals surface area contributed by atoms with Gasteiger partial charge in [-0.1, -0.05) is 12.1 Å². The van der Waals surface area contributed by atoms with E-state index in [1.165, 1.54) is 0 Å². The Morgan fingerprint density at radius 2 is 2.25 bits per heavy atom. The Labute approximate surface area is 93.5 Å². The van der Waals surface area contributed by atoms with Crippen LogP contribution in [0.2, 0.25) is 0 Å². The minimum absolute atomic E-state index is 0.324. The third-order valence-corrected chi connectivity index (χ3v) is 2.30. The molecule has 1 unspecified atom stereocenters. The van der Waals surface area contributed by atoms with Crippen LogP contribution in [-0.4, -0.2) is 25.0 Å². The molecule has 0 saturated heterocycles. The Morgan fingerprint density at radius 3 is 2.94 bits per heavy atom. The summed E-state index contributed by atoms with van der Waals surface area (Å²) in [7, 11) is 0. The van der Waals surface area contributed by atoms with Gasteiger partial charge >= 0.3 is 0 Å². The van der Waals surface area contributed by atoms with E-state index in [9.17, 15) is 0 Å². The summed E-state index contributed by atoms with van der Waals surface area (Å²) in [5.74, 6) is 0. The average Bonchev–Trinajstić information content (AvgIpc) is 2.78. The Kier molecular flexibility index (Phi) is 3.21. The molecule has 16 heavy (non-hydrogen) atoms. The number of aromatic nitrogens is 5. The fraction of sp³-hybridized carbons (Fsp3) is 0.400. The smallest absolute Gasteiger partial charge is 0.0929 e. The van der Waals surface area contributed by atoms with Gasteiger partial charge in [-0.25, -0.2) is 4.68 Å². The first-order valence-corrected chi connectivity index (χ1v) is 5.22. The van der Waals surface area contributed by atoms with Crippen LogP contribution in [0, 0.1) is 0 Å². The lowest BCUT2D eigenvalue weighted by molar-refractivity contribution is 0.541. The molecule has 0 saturated carbocycles. The molecule has 1 atom stereocenters. The first-order chi connectivity index (χ1) is 7.83. The molecule has 0 bridgehead atoms. The SMILES string of the molecule is CCCn1nncc1C(N)c1cnccn1. The lowest BCUT2D eigenvalue weighted by Crippen LogP contribution is -2.18. The number of hydrogen-bond donors (Lipinski definition) is 1. The van der Waals surface area contributed by atoms with E-state index in [2.05, 4.69) is 27.2 Å². The molecule has 0 fully saturated rings. The van der Waals surface area contributed by atoms with Gasteiger partial charge < -0.3 is 5.73 Å². The monoisotopic (exact) mass is 218 g/mol. The highest BCUT2D eigenvalue weighted by molar-refractivity contribution is 5.16. The maximum atomic E-state index is 6.09. The van der Waals surface area contributed by atoms with Gasteiger partial charge in [0.25, 0.3) is 0 Å². The number of aryl methyl sites for hydroxylation is 1. The van der Waals surface area contributed by atoms with Crippen molar-refractivity contribution in [2.24, 2.45) is 5.73 Å². The number of nitrogens with zero attached hydrogens (tertiary/aromatic N) is 5. The quantitative estimate of drug-likeness (QED) is 0.809. The van der Waals surface area contributed by atoms with Crippen LogP contribution in [0.5, 0.6) is 0 Å². The van der Waals surface area contributed by atoms with Gasteiger partial charge in [-0.05, 0) is 6.42 Å². The van der Waals surface area contributed by atoms with Crippen molar-refractivity contribution in [1.82, 2.24) is 25.0 Å². The van der Waals surface area contributed by atoms with E-state index < -0.39 is 0 Å². The predicted octanol–water partition coefficient (Wildman–Crippen LogP) is 0.526. The second-order valence-corrected chi connectivity index (χ2v) is 3.49. The van der Waals surface area contributed by atoms with Gasteiger partial charge in [-0.2, -0.15) is 0 Å². The van der Waals surface area contributed by atoms with E-state index in [0.717, 1.165) is 24.4 Å². The molecule has 0 radical (unpaired) electrons. The molecule has 0 aliphatic rings. The molecule has 0 spiro atoms. The zero-order valence-corrected chi connectivity index (χ0v) is 9.11. The summed E-state index contributed by atoms with van der Waals surface area (Å²) in [5, 5.41) is 7.86. The minimum atomic E-state index is -0.324. The van der Waals surface area contributed by atoms with Gasteiger partial charge in [-0.3, -0.25) is 9.97 Å². The Bertz CT molecular complexity index is 438. The number of hydrogen-bond acceptors (Lipinski definition) is 5. The summed E-state index contributed by atoms with van der Waals surface area (Å²) in [6.07, 6.45) is 7.58. The lowest BCUT2D eigenvalue weighted by atomic mass is 10.1. The summed E-state index contributed by atoms with van der Waals surface area (Å²) in [5.41, 5.74) is 7.68. The number of nitrogens with two attached hydrogens (primary N) is 1. The molecule has 84 valence electrons. The zero-order valence-electron chi connectivity index (χ0n) is 9.11. The zero-order chi connectivity index (χ0) is 11.4. The lowest BCUT2D eigenvalue weighted by Gasteiger charge is -2.11. The van der Waals surface area contributed by atoms with E-state index in [0.29, 0.717) is 0 Å². The molecule has 2 rings (SSSR count). The van der Waals surface area contributed by atoms with Crippen molar-refractivity contribution in [1.29, 1.82) is 0 Å². The van der Waals surface area contributed by atoms with Crippen molar-refractivity contribution in [3.05, 3.63) is 36.2 Å². The van der Waals surface area contributed by atoms with E-state index in [1.807, 2.05) is 0 Å². The highest BCUT2D eigenvalue weighted by Gasteiger charge is 2.15. The predicted molar refractivity (Wildman–Crippen MR) is 58.4 cm³/mol. The van der Waals surface area contributed by atoms with Crippen molar-refractivity contribution >= 4 is 0 Å². The Morgan fingerprint density at radius 1 is 1.38 bits per heavy atom. The normalized spacial score (nSPS) is 12.6. The summed E-state index contributed by atoms with van der Waals surface area (Å²) in [6, 6.07) is -0.324. The van der Waals surface area contributed by atoms with Gasteiger partial charge in [0.15, 0.2) is 0 Å². The molecule has 0 aromatic carbocycles. The summed E-state index contributed by atoms with van der Waals surface area (Å²) < 4.78 is 1.80. The van der Waals surface area contributed by atoms with Crippen molar-refractivity contribution in [2.75, 3.05) is 0 Å². The minimum Gasteiger partial charge on any atom is -0.318 e. The van der Waals surface area contributed by atoms with Crippen LogP contribution in [0.1, 0.15) is 30.8 Å². The molecule has 2 N–H and O–H groups in total. The molecule has 2 heterocycles. The third-order valence-electron chi connectivity index (χ3n) is 2.30. The van der Waals surface area contributed by atoms with Crippen molar-refractivity contribution in [3.63, 3.8) is 0 Å². The largest absolute Gasteiger partial charge is 0.318 e. The van der Waals surface area contributed by atoms with E-state index in [-0.39, 0.29) is 6.04 Å². The molecule has 6 heteroatoms. The number of rotatable bonds is 4. The molecule has 2 aromatic heterocycles. The Hall–Kier alpha value is -1.82. The van der Waals surface area contributed by atoms with Crippen molar-refractivity contribution in [2.45, 2.75) is 25.9 Å². The van der Waals surface area contributed by atoms with Crippen LogP contribution in [0.25, 0.3) is 0 Å². The topological polar surface area (TPSA) is 82.5 Å². The molecule has 2 aromatic rings. The van der Waals surface area contributed by atoms with Crippen LogP contribution in [0.15, 0.2) is 24.8 Å². The first-order valence-electron chi connectivity index (χ1n) is 5.22. The van der Waals surface area contributed by atoms with Gasteiger partial charge in [0, 0.05) is 18.9 Å². The summed E-state index contributed by atoms with van der Waals surface area (Å²) in [4.78, 5) is 8.18. The standard InChI is InChI=1S/C10H14N6/c1-2-5-16-9(7-14-15-16)10(11)8-6-12-3-4-13-8/h3-4,6-7,10H,2,5,11H2,1H3. The maximum absolute atomic E-state index is 6.09. The molecular formula is C10H14N6. The van der Waals surface area contributed by atoms with Crippen LogP contribution in [0.3, 0.4) is 0 Å². The van der Waals surface area contributed by atoms with Gasteiger partial charge in [0.1, 0.15) is 0 Å². The van der Waals surface area contributed by atoms with Crippen LogP contribution in [0.4, 0.5) is 0 Å². The molecule has 6 nitrogen and oxygen atoms in total. The van der Waals surface area contributed by atoms with E-state index in [4.69, 9.17) is 5.73 Å². The molecule has 0 aliphatic heterocycles. The fourth-order valence-corrected chi connectivity index (χ4v) is 1.51. The average molecular weight is 218 g/mol. The molecular weight excluding hydrogens is 204 g/mol. The Balaban J connectivity index is 2.27. The van der Waals surface area contributed by atoms with E-state index in [1.54, 1.807) is 29.5 Å². The summed E-state index contributed by atoms with van der Waals surface area (Å²) in [6.45, 7) is 2.89. The van der Waals surface area contributed by atoms with Gasteiger partial charge in [-0.15, -0.1) is 5.10 Å². The van der Waals surface area contributed by atoms with Gasteiger partial charge in [0.2, 0.25) is 0 Å². The first kappa shape index (κ1) is 10.7. The molecule has 0 amide bonds. The second-order valence-electron chi connectivity index (χ2n) is 3.49. The van der Waals surface area contributed by atoms with Crippen molar-refractivity contribution in [3.8, 4) is 0 Å². The second kappa shape index (κ2) is 4.80. The van der Waals surface area contributed by atoms with Crippen LogP contribution >= 0.6 is 0 Å². The highest BCUT2D eigenvalue weighted by Crippen LogP contribution is 2.15. The van der Waals surface area contributed by atoms with Gasteiger partial charge in [0.05, 0.1) is 29.8 Å².